The minimum atomic E-state index is -0.0625. The Morgan fingerprint density at radius 3 is 1.67 bits per heavy atom. The molecule has 3 heterocycles. The summed E-state index contributed by atoms with van der Waals surface area (Å²) in [7, 11) is 0. The predicted octanol–water partition coefficient (Wildman–Crippen LogP) is -0.265. The molecule has 0 saturated carbocycles. The van der Waals surface area contributed by atoms with E-state index < -0.39 is 0 Å². The van der Waals surface area contributed by atoms with E-state index in [-0.39, 0.29) is 29.6 Å². The second-order valence-electron chi connectivity index (χ2n) is 6.46. The van der Waals surface area contributed by atoms with Crippen LogP contribution >= 0.6 is 0 Å². The molecule has 0 aromatic heterocycles. The Kier molecular flexibility index (Phi) is 4.26. The maximum atomic E-state index is 12.4. The quantitative estimate of drug-likeness (QED) is 0.390. The fourth-order valence-corrected chi connectivity index (χ4v) is 2.63. The molecule has 0 aromatic carbocycles. The van der Waals surface area contributed by atoms with Crippen molar-refractivity contribution in [2.75, 3.05) is 39.3 Å². The summed E-state index contributed by atoms with van der Waals surface area (Å²) in [4.78, 5) is 50.5. The van der Waals surface area contributed by atoms with E-state index >= 15 is 0 Å². The van der Waals surface area contributed by atoms with E-state index in [1.165, 1.54) is 19.9 Å². The highest BCUT2D eigenvalue weighted by molar-refractivity contribution is 6.22. The molecule has 0 N–H and O–H groups in total. The van der Waals surface area contributed by atoms with Gasteiger partial charge in [0.05, 0.1) is 12.1 Å². The largest absolute Gasteiger partial charge is 0.365 e. The van der Waals surface area contributed by atoms with Gasteiger partial charge < -0.3 is 14.7 Å². The van der Waals surface area contributed by atoms with E-state index in [1.807, 2.05) is 14.7 Å². The van der Waals surface area contributed by atoms with Gasteiger partial charge in [-0.15, -0.1) is 0 Å². The molecule has 0 atom stereocenters. The number of rotatable bonds is 5. The molecule has 7 nitrogen and oxygen atoms in total. The summed E-state index contributed by atoms with van der Waals surface area (Å²) < 4.78 is 0. The number of carbonyl (C=O) groups excluding carboxylic acids is 4. The summed E-state index contributed by atoms with van der Waals surface area (Å²) in [6.07, 6.45) is 1.61. The Morgan fingerprint density at radius 1 is 0.833 bits per heavy atom. The second kappa shape index (κ2) is 6.22. The van der Waals surface area contributed by atoms with Crippen LogP contribution in [-0.4, -0.2) is 77.1 Å². The summed E-state index contributed by atoms with van der Waals surface area (Å²) in [5.74, 6) is -0.0765. The first-order valence-electron chi connectivity index (χ1n) is 8.17. The lowest BCUT2D eigenvalue weighted by atomic mass is 10.0. The van der Waals surface area contributed by atoms with E-state index in [2.05, 4.69) is 0 Å². The lowest BCUT2D eigenvalue weighted by Crippen LogP contribution is -2.29. The summed E-state index contributed by atoms with van der Waals surface area (Å²) in [6.45, 7) is 8.21. The monoisotopic (exact) mass is 331 g/mol. The van der Waals surface area contributed by atoms with Crippen molar-refractivity contribution < 1.29 is 19.2 Å². The van der Waals surface area contributed by atoms with Crippen molar-refractivity contribution in [2.45, 2.75) is 20.3 Å². The molecule has 0 spiro atoms. The third-order valence-electron chi connectivity index (χ3n) is 3.99. The molecule has 3 saturated heterocycles. The average molecular weight is 331 g/mol. The van der Waals surface area contributed by atoms with Gasteiger partial charge in [0, 0.05) is 45.3 Å². The highest BCUT2D eigenvalue weighted by Gasteiger charge is 2.43. The van der Waals surface area contributed by atoms with E-state index in [4.69, 9.17) is 0 Å². The van der Waals surface area contributed by atoms with Crippen molar-refractivity contribution in [3.63, 3.8) is 0 Å². The first-order chi connectivity index (χ1) is 11.4. The smallest absolute Gasteiger partial charge is 0.227 e. The fraction of sp³-hybridized carbons (Fsp3) is 0.529. The number of ketones is 4. The van der Waals surface area contributed by atoms with Crippen LogP contribution in [0.1, 0.15) is 20.3 Å². The van der Waals surface area contributed by atoms with Gasteiger partial charge in [-0.3, -0.25) is 19.2 Å². The minimum Gasteiger partial charge on any atom is -0.365 e. The average Bonchev–Trinajstić information content (AvgIpc) is 3.36. The maximum absolute atomic E-state index is 12.4. The molecule has 3 aliphatic heterocycles. The van der Waals surface area contributed by atoms with Crippen molar-refractivity contribution in [3.8, 4) is 0 Å². The van der Waals surface area contributed by atoms with Crippen LogP contribution in [0.2, 0.25) is 0 Å². The molecule has 0 radical (unpaired) electrons. The lowest BCUT2D eigenvalue weighted by molar-refractivity contribution is -0.124. The van der Waals surface area contributed by atoms with Gasteiger partial charge in [0.2, 0.25) is 11.6 Å². The first kappa shape index (κ1) is 16.4. The van der Waals surface area contributed by atoms with Crippen LogP contribution in [0, 0.1) is 0 Å². The zero-order valence-corrected chi connectivity index (χ0v) is 14.0. The van der Waals surface area contributed by atoms with Gasteiger partial charge in [0.25, 0.3) is 0 Å². The molecular weight excluding hydrogens is 310 g/mol. The SMILES string of the molecule is CC(=O)CC(C)=O.O=C1C=C(N2CC2)C(=O)C(N2CC2)=C1N1CC1. The number of hydrogen-bond donors (Lipinski definition) is 0. The Balaban J connectivity index is 0.000000209. The van der Waals surface area contributed by atoms with Crippen LogP contribution in [0.25, 0.3) is 0 Å². The molecule has 128 valence electrons. The topological polar surface area (TPSA) is 77.3 Å². The molecule has 0 bridgehead atoms. The Morgan fingerprint density at radius 2 is 1.29 bits per heavy atom. The molecule has 24 heavy (non-hydrogen) atoms. The number of Topliss-reactive ketones (excluding diaryl/α,β-unsaturated/α-hetero) is 3. The van der Waals surface area contributed by atoms with Crippen molar-refractivity contribution in [3.05, 3.63) is 23.2 Å². The Labute approximate surface area is 140 Å². The Bertz CT molecular complexity index is 668. The summed E-state index contributed by atoms with van der Waals surface area (Å²) in [5, 5.41) is 0. The van der Waals surface area contributed by atoms with Crippen LogP contribution in [0.3, 0.4) is 0 Å². The van der Waals surface area contributed by atoms with Gasteiger partial charge in [-0.25, -0.2) is 0 Å². The highest BCUT2D eigenvalue weighted by Crippen LogP contribution is 2.33. The zero-order chi connectivity index (χ0) is 17.4. The molecule has 7 heteroatoms. The highest BCUT2D eigenvalue weighted by atomic mass is 16.2. The molecule has 4 rings (SSSR count). The van der Waals surface area contributed by atoms with Gasteiger partial charge in [-0.1, -0.05) is 0 Å². The summed E-state index contributed by atoms with van der Waals surface area (Å²) in [5.41, 5.74) is 1.89. The van der Waals surface area contributed by atoms with Crippen LogP contribution in [0.5, 0.6) is 0 Å². The molecule has 0 amide bonds. The van der Waals surface area contributed by atoms with Crippen LogP contribution < -0.4 is 0 Å². The van der Waals surface area contributed by atoms with Crippen molar-refractivity contribution >= 4 is 23.1 Å². The van der Waals surface area contributed by atoms with Crippen molar-refractivity contribution in [1.29, 1.82) is 0 Å². The minimum absolute atomic E-state index is 0.00546. The normalized spacial score (nSPS) is 21.2. The lowest BCUT2D eigenvalue weighted by Gasteiger charge is -2.21. The molecular formula is C17H21N3O4. The van der Waals surface area contributed by atoms with Gasteiger partial charge in [0.15, 0.2) is 0 Å². The van der Waals surface area contributed by atoms with Gasteiger partial charge >= 0.3 is 0 Å². The third kappa shape index (κ3) is 3.72. The van der Waals surface area contributed by atoms with Gasteiger partial charge in [-0.2, -0.15) is 0 Å². The number of carbonyl (C=O) groups is 4. The molecule has 4 aliphatic rings. The molecule has 0 aromatic rings. The van der Waals surface area contributed by atoms with Crippen molar-refractivity contribution in [1.82, 2.24) is 14.7 Å². The van der Waals surface area contributed by atoms with E-state index in [9.17, 15) is 19.2 Å². The summed E-state index contributed by atoms with van der Waals surface area (Å²) in [6, 6.07) is 0. The van der Waals surface area contributed by atoms with E-state index in [0.29, 0.717) is 17.1 Å². The first-order valence-corrected chi connectivity index (χ1v) is 8.17. The molecule has 3 fully saturated rings. The van der Waals surface area contributed by atoms with E-state index in [0.717, 1.165) is 39.3 Å². The fourth-order valence-electron chi connectivity index (χ4n) is 2.63. The van der Waals surface area contributed by atoms with Gasteiger partial charge in [0.1, 0.15) is 23.0 Å². The third-order valence-corrected chi connectivity index (χ3v) is 3.99. The second-order valence-corrected chi connectivity index (χ2v) is 6.46. The number of nitrogens with zero attached hydrogens (tertiary/aromatic N) is 3. The van der Waals surface area contributed by atoms with Crippen molar-refractivity contribution in [2.24, 2.45) is 0 Å². The van der Waals surface area contributed by atoms with Crippen LogP contribution in [0.15, 0.2) is 23.2 Å². The van der Waals surface area contributed by atoms with E-state index in [1.54, 1.807) is 0 Å². The standard InChI is InChI=1S/C12H13N3O2.C5H8O2/c16-9-7-8(13-1-2-13)12(17)11(15-5-6-15)10(9)14-3-4-14;1-4(6)3-5(2)7/h7H,1-6H2;3H2,1-2H3. The zero-order valence-electron chi connectivity index (χ0n) is 14.0. The van der Waals surface area contributed by atoms with Gasteiger partial charge in [-0.05, 0) is 13.8 Å². The molecule has 1 aliphatic carbocycles. The van der Waals surface area contributed by atoms with Crippen LogP contribution in [0.4, 0.5) is 0 Å². The predicted molar refractivity (Wildman–Crippen MR) is 85.8 cm³/mol. The number of allylic oxidation sites excluding steroid dienone is 1. The molecule has 0 unspecified atom stereocenters. The summed E-state index contributed by atoms with van der Waals surface area (Å²) >= 11 is 0. The maximum Gasteiger partial charge on any atom is 0.227 e. The number of hydrogen-bond acceptors (Lipinski definition) is 7. The Hall–Kier alpha value is -2.44. The van der Waals surface area contributed by atoms with Crippen LogP contribution in [-0.2, 0) is 19.2 Å².